The Hall–Kier alpha value is -0.490. The average Bonchev–Trinajstić information content (AvgIpc) is 1.88. The molecule has 0 aromatic carbocycles. The van der Waals surface area contributed by atoms with Gasteiger partial charge in [0, 0.05) is 5.54 Å². The minimum atomic E-state index is 1.03. The molecule has 0 radical (unpaired) electrons. The van der Waals surface area contributed by atoms with Gasteiger partial charge in [-0.1, -0.05) is 35.9 Å². The molecule has 0 N–H and O–H groups in total. The minimum absolute atomic E-state index is 1.03. The average molecular weight is 143 g/mol. The van der Waals surface area contributed by atoms with Gasteiger partial charge in [0.2, 0.25) is 0 Å². The summed E-state index contributed by atoms with van der Waals surface area (Å²) in [5.41, 5.74) is 2.58. The summed E-state index contributed by atoms with van der Waals surface area (Å²) in [6.07, 6.45) is 7.81. The first-order chi connectivity index (χ1) is 4.35. The van der Waals surface area contributed by atoms with Crippen molar-refractivity contribution >= 4 is 11.6 Å². The highest BCUT2D eigenvalue weighted by Crippen LogP contribution is 2.00. The summed E-state index contributed by atoms with van der Waals surface area (Å²) in [6.45, 7) is 3.92. The molecule has 50 valence electrons. The van der Waals surface area contributed by atoms with Crippen LogP contribution in [0.15, 0.2) is 35.4 Å². The molecule has 1 heteroatoms. The molecule has 0 rings (SSSR count). The van der Waals surface area contributed by atoms with E-state index in [0.29, 0.717) is 0 Å². The summed E-state index contributed by atoms with van der Waals surface area (Å²) in [4.78, 5) is 0. The third kappa shape index (κ3) is 4.04. The molecule has 0 aliphatic carbocycles. The molecule has 0 saturated carbocycles. The van der Waals surface area contributed by atoms with E-state index < -0.39 is 0 Å². The van der Waals surface area contributed by atoms with Crippen LogP contribution >= 0.6 is 11.6 Å². The summed E-state index contributed by atoms with van der Waals surface area (Å²) in [6, 6.07) is 0. The quantitative estimate of drug-likeness (QED) is 0.520. The molecule has 9 heavy (non-hydrogen) atoms. The Balaban J connectivity index is 4.01. The lowest BCUT2D eigenvalue weighted by atomic mass is 10.2. The van der Waals surface area contributed by atoms with Crippen molar-refractivity contribution < 1.29 is 0 Å². The first-order valence-electron chi connectivity index (χ1n) is 2.91. The molecule has 0 saturated heterocycles. The SMILES string of the molecule is CC=CC(C=CC)=CCl. The van der Waals surface area contributed by atoms with E-state index >= 15 is 0 Å². The fraction of sp³-hybridized carbons (Fsp3) is 0.250. The predicted octanol–water partition coefficient (Wildman–Crippen LogP) is 3.26. The lowest BCUT2D eigenvalue weighted by molar-refractivity contribution is 1.62. The highest BCUT2D eigenvalue weighted by Gasteiger charge is 1.78. The first kappa shape index (κ1) is 8.51. The van der Waals surface area contributed by atoms with Gasteiger partial charge in [0.1, 0.15) is 0 Å². The maximum absolute atomic E-state index is 5.46. The van der Waals surface area contributed by atoms with E-state index in [-0.39, 0.29) is 0 Å². The molecular weight excluding hydrogens is 132 g/mol. The van der Waals surface area contributed by atoms with E-state index in [1.165, 1.54) is 0 Å². The van der Waals surface area contributed by atoms with Gasteiger partial charge in [-0.15, -0.1) is 0 Å². The Labute approximate surface area is 61.5 Å². The molecule has 0 aliphatic heterocycles. The normalized spacial score (nSPS) is 11.0. The Morgan fingerprint density at radius 3 is 1.78 bits per heavy atom. The standard InChI is InChI=1S/C8H11Cl/c1-3-5-8(7-9)6-4-2/h3-7H,1-2H3. The van der Waals surface area contributed by atoms with Crippen LogP contribution in [-0.2, 0) is 0 Å². The van der Waals surface area contributed by atoms with E-state index in [0.717, 1.165) is 5.57 Å². The number of allylic oxidation sites excluding steroid dienone is 5. The Kier molecular flexibility index (Phi) is 5.34. The van der Waals surface area contributed by atoms with E-state index in [9.17, 15) is 0 Å². The van der Waals surface area contributed by atoms with Gasteiger partial charge in [-0.05, 0) is 19.4 Å². The van der Waals surface area contributed by atoms with Crippen LogP contribution in [0.5, 0.6) is 0 Å². The van der Waals surface area contributed by atoms with Crippen molar-refractivity contribution in [3.63, 3.8) is 0 Å². The Morgan fingerprint density at radius 2 is 1.56 bits per heavy atom. The first-order valence-corrected chi connectivity index (χ1v) is 3.34. The summed E-state index contributed by atoms with van der Waals surface area (Å²) < 4.78 is 0. The van der Waals surface area contributed by atoms with Gasteiger partial charge in [-0.25, -0.2) is 0 Å². The van der Waals surface area contributed by atoms with Gasteiger partial charge in [-0.3, -0.25) is 0 Å². The summed E-state index contributed by atoms with van der Waals surface area (Å²) >= 11 is 5.46. The van der Waals surface area contributed by atoms with Crippen molar-refractivity contribution in [3.8, 4) is 0 Å². The molecule has 0 amide bonds. The van der Waals surface area contributed by atoms with Gasteiger partial charge >= 0.3 is 0 Å². The number of hydrogen-bond donors (Lipinski definition) is 0. The minimum Gasteiger partial charge on any atom is -0.0923 e. The van der Waals surface area contributed by atoms with Crippen LogP contribution in [0, 0.1) is 0 Å². The molecule has 0 unspecified atom stereocenters. The molecule has 0 spiro atoms. The van der Waals surface area contributed by atoms with Gasteiger partial charge < -0.3 is 0 Å². The molecule has 0 heterocycles. The fourth-order valence-corrected chi connectivity index (χ4v) is 0.659. The van der Waals surface area contributed by atoms with E-state index in [2.05, 4.69) is 0 Å². The lowest BCUT2D eigenvalue weighted by Crippen LogP contribution is -1.64. The van der Waals surface area contributed by atoms with Crippen molar-refractivity contribution in [2.24, 2.45) is 0 Å². The highest BCUT2D eigenvalue weighted by molar-refractivity contribution is 6.26. The van der Waals surface area contributed by atoms with Crippen LogP contribution in [0.25, 0.3) is 0 Å². The van der Waals surface area contributed by atoms with Crippen molar-refractivity contribution in [1.82, 2.24) is 0 Å². The largest absolute Gasteiger partial charge is 0.0923 e. The molecule has 0 atom stereocenters. The van der Waals surface area contributed by atoms with Crippen LogP contribution in [-0.4, -0.2) is 0 Å². The fourth-order valence-electron chi connectivity index (χ4n) is 0.513. The van der Waals surface area contributed by atoms with Gasteiger partial charge in [0.15, 0.2) is 0 Å². The molecular formula is C8H11Cl. The lowest BCUT2D eigenvalue weighted by Gasteiger charge is -1.85. The molecule has 0 nitrogen and oxygen atoms in total. The summed E-state index contributed by atoms with van der Waals surface area (Å²) in [7, 11) is 0. The second kappa shape index (κ2) is 5.64. The zero-order valence-electron chi connectivity index (χ0n) is 5.76. The van der Waals surface area contributed by atoms with E-state index in [1.807, 2.05) is 38.2 Å². The molecule has 0 aromatic rings. The third-order valence-corrected chi connectivity index (χ3v) is 1.10. The highest BCUT2D eigenvalue weighted by atomic mass is 35.5. The predicted molar refractivity (Wildman–Crippen MR) is 43.6 cm³/mol. The molecule has 0 aromatic heterocycles. The van der Waals surface area contributed by atoms with Crippen LogP contribution in [0.3, 0.4) is 0 Å². The van der Waals surface area contributed by atoms with E-state index in [1.54, 1.807) is 5.54 Å². The Morgan fingerprint density at radius 1 is 1.11 bits per heavy atom. The van der Waals surface area contributed by atoms with Crippen molar-refractivity contribution in [1.29, 1.82) is 0 Å². The van der Waals surface area contributed by atoms with Crippen molar-refractivity contribution in [3.05, 3.63) is 35.4 Å². The number of rotatable bonds is 2. The van der Waals surface area contributed by atoms with Crippen LogP contribution in [0.2, 0.25) is 0 Å². The molecule has 0 bridgehead atoms. The maximum atomic E-state index is 5.46. The van der Waals surface area contributed by atoms with Gasteiger partial charge in [0.05, 0.1) is 0 Å². The van der Waals surface area contributed by atoms with Crippen molar-refractivity contribution in [2.45, 2.75) is 13.8 Å². The maximum Gasteiger partial charge on any atom is 0.0115 e. The van der Waals surface area contributed by atoms with Gasteiger partial charge in [-0.2, -0.15) is 0 Å². The zero-order valence-corrected chi connectivity index (χ0v) is 6.52. The van der Waals surface area contributed by atoms with Gasteiger partial charge in [0.25, 0.3) is 0 Å². The third-order valence-electron chi connectivity index (χ3n) is 0.844. The monoisotopic (exact) mass is 142 g/mol. The second-order valence-electron chi connectivity index (χ2n) is 1.61. The molecule has 0 aliphatic rings. The van der Waals surface area contributed by atoms with Crippen LogP contribution < -0.4 is 0 Å². The smallest absolute Gasteiger partial charge is 0.0115 e. The van der Waals surface area contributed by atoms with Crippen LogP contribution in [0.1, 0.15) is 13.8 Å². The van der Waals surface area contributed by atoms with Crippen molar-refractivity contribution in [2.75, 3.05) is 0 Å². The van der Waals surface area contributed by atoms with Crippen LogP contribution in [0.4, 0.5) is 0 Å². The second-order valence-corrected chi connectivity index (χ2v) is 1.83. The number of hydrogen-bond acceptors (Lipinski definition) is 0. The summed E-state index contributed by atoms with van der Waals surface area (Å²) in [5, 5.41) is 0. The molecule has 0 fully saturated rings. The zero-order chi connectivity index (χ0) is 7.11. The van der Waals surface area contributed by atoms with E-state index in [4.69, 9.17) is 11.6 Å². The topological polar surface area (TPSA) is 0 Å². The Bertz CT molecular complexity index is 127. The number of halogens is 1. The summed E-state index contributed by atoms with van der Waals surface area (Å²) in [5.74, 6) is 0.